The summed E-state index contributed by atoms with van der Waals surface area (Å²) in [5.74, 6) is -0.274. The summed E-state index contributed by atoms with van der Waals surface area (Å²) in [6, 6.07) is -0.271. The van der Waals surface area contributed by atoms with Gasteiger partial charge >= 0.3 is 5.97 Å². The summed E-state index contributed by atoms with van der Waals surface area (Å²) < 4.78 is 15.1. The molecule has 1 rings (SSSR count). The van der Waals surface area contributed by atoms with Crippen molar-refractivity contribution in [3.8, 4) is 0 Å². The minimum absolute atomic E-state index is 0.271. The minimum atomic E-state index is -0.687. The number of ether oxygens (including phenoxy) is 3. The molecule has 1 saturated heterocycles. The van der Waals surface area contributed by atoms with Crippen molar-refractivity contribution in [3.63, 3.8) is 0 Å². The Balaban J connectivity index is 2.32. The number of hydrogen-bond donors (Lipinski definition) is 1. The zero-order valence-electron chi connectivity index (χ0n) is 9.32. The first-order valence-corrected chi connectivity index (χ1v) is 5.11. The van der Waals surface area contributed by atoms with Crippen molar-refractivity contribution in [1.82, 2.24) is 0 Å². The van der Waals surface area contributed by atoms with Gasteiger partial charge in [-0.2, -0.15) is 0 Å². The first-order chi connectivity index (χ1) is 7.11. The standard InChI is InChI=1S/C10H19NO4/c1-10(7-14-6-8(10)11)9(12)15-5-3-4-13-2/h8H,3-7,11H2,1-2H3. The highest BCUT2D eigenvalue weighted by Gasteiger charge is 2.45. The van der Waals surface area contributed by atoms with Gasteiger partial charge in [0, 0.05) is 26.2 Å². The predicted octanol–water partition coefficient (Wildman–Crippen LogP) is -0.0701. The molecule has 5 heteroatoms. The van der Waals surface area contributed by atoms with E-state index in [4.69, 9.17) is 19.9 Å². The van der Waals surface area contributed by atoms with E-state index in [1.54, 1.807) is 14.0 Å². The molecule has 1 aliphatic heterocycles. The molecule has 5 nitrogen and oxygen atoms in total. The average Bonchev–Trinajstić information content (AvgIpc) is 2.55. The zero-order chi connectivity index (χ0) is 11.3. The third-order valence-corrected chi connectivity index (χ3v) is 2.71. The molecular weight excluding hydrogens is 198 g/mol. The zero-order valence-corrected chi connectivity index (χ0v) is 9.32. The van der Waals surface area contributed by atoms with Gasteiger partial charge in [0.25, 0.3) is 0 Å². The van der Waals surface area contributed by atoms with Gasteiger partial charge in [-0.15, -0.1) is 0 Å². The van der Waals surface area contributed by atoms with Crippen LogP contribution in [0.3, 0.4) is 0 Å². The Morgan fingerprint density at radius 2 is 2.33 bits per heavy atom. The normalized spacial score (nSPS) is 30.5. The molecule has 0 aliphatic carbocycles. The second-order valence-corrected chi connectivity index (χ2v) is 4.02. The van der Waals surface area contributed by atoms with E-state index in [2.05, 4.69) is 0 Å². The van der Waals surface area contributed by atoms with Gasteiger partial charge in [0.2, 0.25) is 0 Å². The first kappa shape index (κ1) is 12.4. The molecule has 15 heavy (non-hydrogen) atoms. The molecule has 0 aromatic carbocycles. The summed E-state index contributed by atoms with van der Waals surface area (Å²) in [7, 11) is 1.61. The fourth-order valence-electron chi connectivity index (χ4n) is 1.43. The Morgan fingerprint density at radius 1 is 1.60 bits per heavy atom. The van der Waals surface area contributed by atoms with Crippen LogP contribution in [-0.2, 0) is 19.0 Å². The second-order valence-electron chi connectivity index (χ2n) is 4.02. The van der Waals surface area contributed by atoms with Crippen molar-refractivity contribution < 1.29 is 19.0 Å². The molecule has 2 unspecified atom stereocenters. The van der Waals surface area contributed by atoms with Crippen LogP contribution in [0.15, 0.2) is 0 Å². The summed E-state index contributed by atoms with van der Waals surface area (Å²) >= 11 is 0. The average molecular weight is 217 g/mol. The molecule has 0 saturated carbocycles. The fraction of sp³-hybridized carbons (Fsp3) is 0.900. The van der Waals surface area contributed by atoms with E-state index in [0.29, 0.717) is 32.8 Å². The summed E-state index contributed by atoms with van der Waals surface area (Å²) in [6.45, 7) is 3.51. The van der Waals surface area contributed by atoms with Crippen LogP contribution in [0, 0.1) is 5.41 Å². The summed E-state index contributed by atoms with van der Waals surface area (Å²) in [5, 5.41) is 0. The highest BCUT2D eigenvalue weighted by Crippen LogP contribution is 2.28. The Kier molecular flexibility index (Phi) is 4.50. The van der Waals surface area contributed by atoms with E-state index in [-0.39, 0.29) is 12.0 Å². The van der Waals surface area contributed by atoms with Gasteiger partial charge in [0.1, 0.15) is 5.41 Å². The van der Waals surface area contributed by atoms with Crippen LogP contribution < -0.4 is 5.73 Å². The monoisotopic (exact) mass is 217 g/mol. The summed E-state index contributed by atoms with van der Waals surface area (Å²) in [6.07, 6.45) is 0.703. The van der Waals surface area contributed by atoms with E-state index in [1.165, 1.54) is 0 Å². The third kappa shape index (κ3) is 2.90. The fourth-order valence-corrected chi connectivity index (χ4v) is 1.43. The van der Waals surface area contributed by atoms with Crippen LogP contribution in [0.5, 0.6) is 0 Å². The molecule has 88 valence electrons. The van der Waals surface area contributed by atoms with Gasteiger partial charge in [0.15, 0.2) is 0 Å². The smallest absolute Gasteiger partial charge is 0.315 e. The van der Waals surface area contributed by atoms with Crippen LogP contribution in [-0.4, -0.2) is 45.5 Å². The van der Waals surface area contributed by atoms with Gasteiger partial charge in [-0.1, -0.05) is 0 Å². The van der Waals surface area contributed by atoms with Gasteiger partial charge in [-0.3, -0.25) is 4.79 Å². The predicted molar refractivity (Wildman–Crippen MR) is 54.4 cm³/mol. The number of carbonyl (C=O) groups excluding carboxylic acids is 1. The molecule has 1 aliphatic rings. The largest absolute Gasteiger partial charge is 0.465 e. The number of carbonyl (C=O) groups is 1. The second kappa shape index (κ2) is 5.44. The van der Waals surface area contributed by atoms with Crippen LogP contribution in [0.4, 0.5) is 0 Å². The Hall–Kier alpha value is -0.650. The molecular formula is C10H19NO4. The van der Waals surface area contributed by atoms with Crippen molar-refractivity contribution in [3.05, 3.63) is 0 Å². The lowest BCUT2D eigenvalue weighted by Crippen LogP contribution is -2.45. The highest BCUT2D eigenvalue weighted by molar-refractivity contribution is 5.78. The Labute approximate surface area is 89.9 Å². The minimum Gasteiger partial charge on any atom is -0.465 e. The molecule has 0 aromatic heterocycles. The van der Waals surface area contributed by atoms with Gasteiger partial charge in [-0.05, 0) is 6.92 Å². The van der Waals surface area contributed by atoms with Crippen molar-refractivity contribution in [2.24, 2.45) is 11.1 Å². The maximum absolute atomic E-state index is 11.7. The first-order valence-electron chi connectivity index (χ1n) is 5.11. The number of hydrogen-bond acceptors (Lipinski definition) is 5. The van der Waals surface area contributed by atoms with Gasteiger partial charge < -0.3 is 19.9 Å². The topological polar surface area (TPSA) is 70.8 Å². The van der Waals surface area contributed by atoms with E-state index in [0.717, 1.165) is 0 Å². The van der Waals surface area contributed by atoms with Gasteiger partial charge in [-0.25, -0.2) is 0 Å². The van der Waals surface area contributed by atoms with E-state index in [9.17, 15) is 4.79 Å². The molecule has 2 atom stereocenters. The maximum Gasteiger partial charge on any atom is 0.315 e. The lowest BCUT2D eigenvalue weighted by Gasteiger charge is -2.24. The maximum atomic E-state index is 11.7. The van der Waals surface area contributed by atoms with Crippen LogP contribution in [0.25, 0.3) is 0 Å². The quantitative estimate of drug-likeness (QED) is 0.515. The lowest BCUT2D eigenvalue weighted by molar-refractivity contribution is -0.155. The molecule has 0 radical (unpaired) electrons. The number of rotatable bonds is 5. The lowest BCUT2D eigenvalue weighted by atomic mass is 9.86. The van der Waals surface area contributed by atoms with Crippen molar-refractivity contribution >= 4 is 5.97 Å². The van der Waals surface area contributed by atoms with Crippen LogP contribution in [0.2, 0.25) is 0 Å². The summed E-state index contributed by atoms with van der Waals surface area (Å²) in [5.41, 5.74) is 5.11. The van der Waals surface area contributed by atoms with E-state index in [1.807, 2.05) is 0 Å². The Bertz CT molecular complexity index is 221. The molecule has 0 bridgehead atoms. The van der Waals surface area contributed by atoms with Crippen molar-refractivity contribution in [1.29, 1.82) is 0 Å². The molecule has 0 aromatic rings. The van der Waals surface area contributed by atoms with E-state index < -0.39 is 5.41 Å². The van der Waals surface area contributed by atoms with Crippen molar-refractivity contribution in [2.45, 2.75) is 19.4 Å². The molecule has 1 heterocycles. The molecule has 2 N–H and O–H groups in total. The van der Waals surface area contributed by atoms with Crippen LogP contribution >= 0.6 is 0 Å². The molecule has 0 spiro atoms. The third-order valence-electron chi connectivity index (χ3n) is 2.71. The number of methoxy groups -OCH3 is 1. The number of nitrogens with two attached hydrogens (primary N) is 1. The SMILES string of the molecule is COCCCOC(=O)C1(C)COCC1N. The summed E-state index contributed by atoms with van der Waals surface area (Å²) in [4.78, 5) is 11.7. The van der Waals surface area contributed by atoms with Gasteiger partial charge in [0.05, 0.1) is 19.8 Å². The number of esters is 1. The highest BCUT2D eigenvalue weighted by atomic mass is 16.5. The molecule has 1 fully saturated rings. The van der Waals surface area contributed by atoms with Crippen molar-refractivity contribution in [2.75, 3.05) is 33.5 Å². The van der Waals surface area contributed by atoms with Crippen LogP contribution in [0.1, 0.15) is 13.3 Å². The Morgan fingerprint density at radius 3 is 2.87 bits per heavy atom. The van der Waals surface area contributed by atoms with E-state index >= 15 is 0 Å². The molecule has 0 amide bonds.